The first kappa shape index (κ1) is 12.6. The summed E-state index contributed by atoms with van der Waals surface area (Å²) < 4.78 is 5.23. The van der Waals surface area contributed by atoms with E-state index in [2.05, 4.69) is 12.1 Å². The van der Waals surface area contributed by atoms with Crippen LogP contribution in [0.15, 0.2) is 41.1 Å². The predicted molar refractivity (Wildman–Crippen MR) is 70.3 cm³/mol. The van der Waals surface area contributed by atoms with Crippen LogP contribution in [0.1, 0.15) is 37.0 Å². The van der Waals surface area contributed by atoms with Gasteiger partial charge in [0.2, 0.25) is 0 Å². The fourth-order valence-electron chi connectivity index (χ4n) is 2.04. The Morgan fingerprint density at radius 2 is 2.06 bits per heavy atom. The minimum absolute atomic E-state index is 0.0110. The van der Waals surface area contributed by atoms with Gasteiger partial charge in [0.15, 0.2) is 11.5 Å². The third kappa shape index (κ3) is 2.50. The Bertz CT molecular complexity index is 516. The van der Waals surface area contributed by atoms with Crippen LogP contribution in [-0.2, 0) is 0 Å². The van der Waals surface area contributed by atoms with Crippen LogP contribution < -0.4 is 0 Å². The molecule has 1 unspecified atom stereocenters. The molecule has 1 aromatic carbocycles. The van der Waals surface area contributed by atoms with Crippen molar-refractivity contribution in [3.05, 3.63) is 42.1 Å². The molecular weight excluding hydrogens is 226 g/mol. The number of aromatic nitrogens is 1. The van der Waals surface area contributed by atoms with Gasteiger partial charge < -0.3 is 4.52 Å². The van der Waals surface area contributed by atoms with Gasteiger partial charge >= 0.3 is 0 Å². The van der Waals surface area contributed by atoms with Gasteiger partial charge in [-0.3, -0.25) is 4.79 Å². The lowest BCUT2D eigenvalue weighted by Gasteiger charge is -2.07. The maximum Gasteiger partial charge on any atom is 0.177 e. The molecular formula is C15H17NO2. The molecule has 18 heavy (non-hydrogen) atoms. The van der Waals surface area contributed by atoms with Gasteiger partial charge in [0.25, 0.3) is 0 Å². The molecule has 1 heterocycles. The van der Waals surface area contributed by atoms with Crippen molar-refractivity contribution >= 4 is 5.78 Å². The van der Waals surface area contributed by atoms with Crippen molar-refractivity contribution in [3.63, 3.8) is 0 Å². The lowest BCUT2D eigenvalue weighted by molar-refractivity contribution is 0.0924. The van der Waals surface area contributed by atoms with Gasteiger partial charge in [-0.25, -0.2) is 0 Å². The van der Waals surface area contributed by atoms with Crippen LogP contribution >= 0.6 is 0 Å². The Kier molecular flexibility index (Phi) is 3.92. The summed E-state index contributed by atoms with van der Waals surface area (Å²) in [5, 5.41) is 3.77. The Hall–Kier alpha value is -1.90. The number of carbonyl (C=O) groups is 1. The number of rotatable bonds is 5. The molecule has 2 rings (SSSR count). The lowest BCUT2D eigenvalue weighted by Crippen LogP contribution is -2.11. The molecule has 0 fully saturated rings. The fraction of sp³-hybridized carbons (Fsp3) is 0.333. The van der Waals surface area contributed by atoms with Gasteiger partial charge in [0.05, 0.1) is 11.8 Å². The monoisotopic (exact) mass is 243 g/mol. The summed E-state index contributed by atoms with van der Waals surface area (Å²) in [5.41, 5.74) is 1.48. The second kappa shape index (κ2) is 5.63. The highest BCUT2D eigenvalue weighted by Gasteiger charge is 2.21. The minimum Gasteiger partial charge on any atom is -0.356 e. The second-order valence-corrected chi connectivity index (χ2v) is 4.49. The molecule has 0 aliphatic carbocycles. The van der Waals surface area contributed by atoms with Gasteiger partial charge in [0, 0.05) is 11.5 Å². The van der Waals surface area contributed by atoms with Crippen molar-refractivity contribution in [3.8, 4) is 11.3 Å². The van der Waals surface area contributed by atoms with E-state index in [0.717, 1.165) is 18.4 Å². The average Bonchev–Trinajstić information content (AvgIpc) is 2.88. The molecule has 0 amide bonds. The van der Waals surface area contributed by atoms with Crippen LogP contribution in [0.25, 0.3) is 11.3 Å². The number of nitrogens with zero attached hydrogens (tertiary/aromatic N) is 1. The van der Waals surface area contributed by atoms with E-state index in [9.17, 15) is 4.79 Å². The lowest BCUT2D eigenvalue weighted by atomic mass is 9.94. The predicted octanol–water partition coefficient (Wildman–Crippen LogP) is 3.96. The maximum atomic E-state index is 12.3. The van der Waals surface area contributed by atoms with Crippen LogP contribution in [0.2, 0.25) is 0 Å². The number of carbonyl (C=O) groups excluding carboxylic acids is 1. The standard InChI is InChI=1S/C15H17NO2/c1-3-7-11(2)14(17)13-10-16-18-15(13)12-8-5-4-6-9-12/h4-6,8-11H,3,7H2,1-2H3. The van der Waals surface area contributed by atoms with E-state index in [4.69, 9.17) is 4.52 Å². The molecule has 1 atom stereocenters. The summed E-state index contributed by atoms with van der Waals surface area (Å²) in [6, 6.07) is 9.60. The normalized spacial score (nSPS) is 12.3. The molecule has 0 bridgehead atoms. The van der Waals surface area contributed by atoms with E-state index in [-0.39, 0.29) is 11.7 Å². The van der Waals surface area contributed by atoms with Gasteiger partial charge in [-0.2, -0.15) is 0 Å². The van der Waals surface area contributed by atoms with Crippen molar-refractivity contribution in [1.29, 1.82) is 0 Å². The van der Waals surface area contributed by atoms with Crippen molar-refractivity contribution in [1.82, 2.24) is 5.16 Å². The van der Waals surface area contributed by atoms with E-state index < -0.39 is 0 Å². The summed E-state index contributed by atoms with van der Waals surface area (Å²) in [6.45, 7) is 4.03. The summed E-state index contributed by atoms with van der Waals surface area (Å²) >= 11 is 0. The zero-order chi connectivity index (χ0) is 13.0. The molecule has 0 saturated carbocycles. The van der Waals surface area contributed by atoms with Gasteiger partial charge in [-0.05, 0) is 6.42 Å². The molecule has 1 aromatic heterocycles. The number of ketones is 1. The summed E-state index contributed by atoms with van der Waals surface area (Å²) in [6.07, 6.45) is 3.41. The van der Waals surface area contributed by atoms with E-state index in [0.29, 0.717) is 11.3 Å². The van der Waals surface area contributed by atoms with Gasteiger partial charge in [-0.15, -0.1) is 0 Å². The highest BCUT2D eigenvalue weighted by molar-refractivity contribution is 6.02. The molecule has 2 aromatic rings. The molecule has 3 nitrogen and oxygen atoms in total. The topological polar surface area (TPSA) is 43.1 Å². The van der Waals surface area contributed by atoms with Crippen LogP contribution in [0.3, 0.4) is 0 Å². The smallest absolute Gasteiger partial charge is 0.177 e. The minimum atomic E-state index is 0.0110. The molecule has 0 aliphatic rings. The summed E-state index contributed by atoms with van der Waals surface area (Å²) in [4.78, 5) is 12.3. The Morgan fingerprint density at radius 1 is 1.33 bits per heavy atom. The Morgan fingerprint density at radius 3 is 2.72 bits per heavy atom. The quantitative estimate of drug-likeness (QED) is 0.746. The van der Waals surface area contributed by atoms with Crippen LogP contribution in [0.4, 0.5) is 0 Å². The fourth-order valence-corrected chi connectivity index (χ4v) is 2.04. The molecule has 0 radical (unpaired) electrons. The SMILES string of the molecule is CCCC(C)C(=O)c1cnoc1-c1ccccc1. The molecule has 0 aliphatic heterocycles. The first-order valence-electron chi connectivity index (χ1n) is 6.28. The zero-order valence-corrected chi connectivity index (χ0v) is 10.7. The highest BCUT2D eigenvalue weighted by Crippen LogP contribution is 2.26. The first-order chi connectivity index (χ1) is 8.74. The molecule has 0 saturated heterocycles. The van der Waals surface area contributed by atoms with Crippen molar-refractivity contribution in [2.75, 3.05) is 0 Å². The zero-order valence-electron chi connectivity index (χ0n) is 10.7. The van der Waals surface area contributed by atoms with Gasteiger partial charge in [-0.1, -0.05) is 55.8 Å². The average molecular weight is 243 g/mol. The Balaban J connectivity index is 2.31. The number of Topliss-reactive ketones (excluding diaryl/α,β-unsaturated/α-hetero) is 1. The Labute approximate surface area is 107 Å². The van der Waals surface area contributed by atoms with Crippen LogP contribution in [0, 0.1) is 5.92 Å². The first-order valence-corrected chi connectivity index (χ1v) is 6.28. The van der Waals surface area contributed by atoms with Crippen molar-refractivity contribution in [2.24, 2.45) is 5.92 Å². The number of hydrogen-bond acceptors (Lipinski definition) is 3. The summed E-state index contributed by atoms with van der Waals surface area (Å²) in [5.74, 6) is 0.692. The highest BCUT2D eigenvalue weighted by atomic mass is 16.5. The van der Waals surface area contributed by atoms with E-state index >= 15 is 0 Å². The summed E-state index contributed by atoms with van der Waals surface area (Å²) in [7, 11) is 0. The maximum absolute atomic E-state index is 12.3. The molecule has 94 valence electrons. The van der Waals surface area contributed by atoms with Crippen LogP contribution in [-0.4, -0.2) is 10.9 Å². The van der Waals surface area contributed by atoms with Crippen LogP contribution in [0.5, 0.6) is 0 Å². The van der Waals surface area contributed by atoms with Crippen molar-refractivity contribution in [2.45, 2.75) is 26.7 Å². The number of hydrogen-bond donors (Lipinski definition) is 0. The largest absolute Gasteiger partial charge is 0.356 e. The third-order valence-electron chi connectivity index (χ3n) is 3.04. The molecule has 0 spiro atoms. The van der Waals surface area contributed by atoms with Crippen molar-refractivity contribution < 1.29 is 9.32 Å². The van der Waals surface area contributed by atoms with E-state index in [1.54, 1.807) is 0 Å². The third-order valence-corrected chi connectivity index (χ3v) is 3.04. The number of benzene rings is 1. The molecule has 0 N–H and O–H groups in total. The van der Waals surface area contributed by atoms with Gasteiger partial charge in [0.1, 0.15) is 0 Å². The second-order valence-electron chi connectivity index (χ2n) is 4.49. The van der Waals surface area contributed by atoms with E-state index in [1.165, 1.54) is 6.20 Å². The van der Waals surface area contributed by atoms with E-state index in [1.807, 2.05) is 37.3 Å². The molecule has 3 heteroatoms.